The van der Waals surface area contributed by atoms with Gasteiger partial charge in [-0.2, -0.15) is 0 Å². The van der Waals surface area contributed by atoms with E-state index >= 15 is 0 Å². The number of aromatic nitrogens is 1. The van der Waals surface area contributed by atoms with Crippen LogP contribution in [0.2, 0.25) is 5.02 Å². The van der Waals surface area contributed by atoms with E-state index in [4.69, 9.17) is 21.1 Å². The third-order valence-corrected chi connectivity index (χ3v) is 9.15. The first-order valence-electron chi connectivity index (χ1n) is 12.6. The van der Waals surface area contributed by atoms with Crippen molar-refractivity contribution in [3.8, 4) is 11.5 Å². The monoisotopic (exact) mass is 531 g/mol. The number of benzene rings is 1. The number of aryl methyl sites for hydroxylation is 1. The number of hydrogen-bond acceptors (Lipinski definition) is 6. The summed E-state index contributed by atoms with van der Waals surface area (Å²) in [6.07, 6.45) is 6.48. The Morgan fingerprint density at radius 2 is 1.83 bits per heavy atom. The Kier molecular flexibility index (Phi) is 7.05. The lowest BCUT2D eigenvalue weighted by atomic mass is 9.85. The van der Waals surface area contributed by atoms with Gasteiger partial charge in [0.25, 0.3) is 11.5 Å². The summed E-state index contributed by atoms with van der Waals surface area (Å²) in [4.78, 5) is 34.2. The van der Waals surface area contributed by atoms with E-state index in [1.165, 1.54) is 11.8 Å². The normalized spacial score (nSPS) is 23.4. The number of pyridine rings is 1. The number of nitrogens with one attached hydrogen (secondary N) is 1. The second kappa shape index (κ2) is 9.95. The Morgan fingerprint density at radius 1 is 1.14 bits per heavy atom. The third kappa shape index (κ3) is 4.41. The van der Waals surface area contributed by atoms with Gasteiger partial charge in [0.05, 0.1) is 22.7 Å². The molecule has 9 heteroatoms. The summed E-state index contributed by atoms with van der Waals surface area (Å²) < 4.78 is 12.6. The lowest BCUT2D eigenvalue weighted by Gasteiger charge is -2.34. The van der Waals surface area contributed by atoms with Crippen molar-refractivity contribution in [1.82, 2.24) is 14.8 Å². The summed E-state index contributed by atoms with van der Waals surface area (Å²) in [6, 6.07) is 2.55. The maximum atomic E-state index is 13.7. The quantitative estimate of drug-likeness (QED) is 0.559. The van der Waals surface area contributed by atoms with Gasteiger partial charge in [-0.1, -0.05) is 11.6 Å². The van der Waals surface area contributed by atoms with Gasteiger partial charge in [-0.15, -0.1) is 11.8 Å². The summed E-state index contributed by atoms with van der Waals surface area (Å²) in [7, 11) is 4.27. The largest absolute Gasteiger partial charge is 0.450 e. The smallest absolute Gasteiger partial charge is 0.254 e. The number of amides is 1. The summed E-state index contributed by atoms with van der Waals surface area (Å²) in [5.41, 5.74) is 3.44. The molecule has 1 amide bonds. The molecule has 1 saturated carbocycles. The molecule has 1 unspecified atom stereocenters. The van der Waals surface area contributed by atoms with Gasteiger partial charge in [0.1, 0.15) is 0 Å². The highest BCUT2D eigenvalue weighted by Gasteiger charge is 2.41. The number of halogens is 1. The highest BCUT2D eigenvalue weighted by molar-refractivity contribution is 7.98. The molecule has 194 valence electrons. The highest BCUT2D eigenvalue weighted by atomic mass is 35.5. The van der Waals surface area contributed by atoms with Crippen LogP contribution < -0.4 is 15.0 Å². The number of fused-ring (bicyclic) bond motifs is 2. The first kappa shape index (κ1) is 25.5. The van der Waals surface area contributed by atoms with E-state index < -0.39 is 0 Å². The van der Waals surface area contributed by atoms with Gasteiger partial charge in [0.15, 0.2) is 11.5 Å². The van der Waals surface area contributed by atoms with E-state index in [9.17, 15) is 9.59 Å². The first-order valence-corrected chi connectivity index (χ1v) is 14.2. The van der Waals surface area contributed by atoms with Crippen molar-refractivity contribution in [3.05, 3.63) is 49.4 Å². The number of carbonyl (C=O) groups excluding carboxylic acids is 1. The molecule has 2 aliphatic heterocycles. The van der Waals surface area contributed by atoms with Crippen LogP contribution in [-0.4, -0.2) is 59.9 Å². The van der Waals surface area contributed by atoms with Crippen molar-refractivity contribution in [2.45, 2.75) is 69.7 Å². The van der Waals surface area contributed by atoms with E-state index in [1.54, 1.807) is 4.90 Å². The van der Waals surface area contributed by atoms with Gasteiger partial charge >= 0.3 is 0 Å². The van der Waals surface area contributed by atoms with E-state index in [0.29, 0.717) is 52.6 Å². The van der Waals surface area contributed by atoms with Crippen LogP contribution in [0.5, 0.6) is 11.5 Å². The minimum absolute atomic E-state index is 0.121. The fraction of sp³-hybridized carbons (Fsp3) is 0.556. The van der Waals surface area contributed by atoms with Crippen molar-refractivity contribution in [2.75, 3.05) is 26.9 Å². The van der Waals surface area contributed by atoms with Gasteiger partial charge < -0.3 is 24.3 Å². The molecule has 0 saturated heterocycles. The van der Waals surface area contributed by atoms with Crippen LogP contribution >= 0.6 is 23.4 Å². The Balaban J connectivity index is 1.40. The minimum atomic E-state index is -0.371. The SMILES string of the molecule is CSc1cc(C)[nH]c(=O)c1CN1CCc2c(Cl)c3c(c(C)c2C1=O)OC(C1CCC(N(C)C)CC1)O3. The zero-order valence-corrected chi connectivity index (χ0v) is 23.1. The molecule has 1 atom stereocenters. The number of H-pyrrole nitrogens is 1. The minimum Gasteiger partial charge on any atom is -0.450 e. The summed E-state index contributed by atoms with van der Waals surface area (Å²) in [5.74, 6) is 1.34. The van der Waals surface area contributed by atoms with Crippen molar-refractivity contribution >= 4 is 29.3 Å². The van der Waals surface area contributed by atoms with Gasteiger partial charge in [-0.05, 0) is 77.9 Å². The van der Waals surface area contributed by atoms with Crippen molar-refractivity contribution in [2.24, 2.45) is 5.92 Å². The molecule has 0 radical (unpaired) electrons. The average Bonchev–Trinajstić information content (AvgIpc) is 3.31. The number of carbonyl (C=O) groups is 1. The number of rotatable bonds is 5. The molecule has 7 nitrogen and oxygen atoms in total. The highest BCUT2D eigenvalue weighted by Crippen LogP contribution is 2.50. The molecule has 3 aliphatic rings. The fourth-order valence-corrected chi connectivity index (χ4v) is 6.85. The molecule has 2 aromatic rings. The average molecular weight is 532 g/mol. The molecule has 1 aliphatic carbocycles. The molecule has 1 aromatic heterocycles. The number of nitrogens with zero attached hydrogens (tertiary/aromatic N) is 2. The van der Waals surface area contributed by atoms with Crippen LogP contribution in [-0.2, 0) is 13.0 Å². The maximum absolute atomic E-state index is 13.7. The van der Waals surface area contributed by atoms with E-state index in [1.807, 2.05) is 26.2 Å². The lowest BCUT2D eigenvalue weighted by molar-refractivity contribution is -0.0249. The van der Waals surface area contributed by atoms with E-state index in [-0.39, 0.29) is 24.3 Å². The van der Waals surface area contributed by atoms with Gasteiger partial charge in [0.2, 0.25) is 6.29 Å². The Hall–Kier alpha value is -2.16. The molecule has 5 rings (SSSR count). The number of thioether (sulfide) groups is 1. The number of ether oxygens (including phenoxy) is 2. The van der Waals surface area contributed by atoms with Crippen LogP contribution in [0.25, 0.3) is 0 Å². The second-order valence-corrected chi connectivity index (χ2v) is 11.6. The molecule has 1 N–H and O–H groups in total. The third-order valence-electron chi connectivity index (χ3n) is 7.94. The van der Waals surface area contributed by atoms with Crippen LogP contribution in [0, 0.1) is 19.8 Å². The molecular weight excluding hydrogens is 498 g/mol. The molecule has 3 heterocycles. The van der Waals surface area contributed by atoms with E-state index in [0.717, 1.165) is 47.4 Å². The molecular formula is C27H34ClN3O4S. The Morgan fingerprint density at radius 3 is 2.50 bits per heavy atom. The topological polar surface area (TPSA) is 74.9 Å². The lowest BCUT2D eigenvalue weighted by Crippen LogP contribution is -2.39. The van der Waals surface area contributed by atoms with E-state index in [2.05, 4.69) is 24.0 Å². The van der Waals surface area contributed by atoms with Crippen molar-refractivity contribution in [1.29, 1.82) is 0 Å². The molecule has 0 bridgehead atoms. The van der Waals surface area contributed by atoms with Crippen LogP contribution in [0.1, 0.15) is 58.4 Å². The predicted molar refractivity (Wildman–Crippen MR) is 143 cm³/mol. The van der Waals surface area contributed by atoms with Crippen molar-refractivity contribution in [3.63, 3.8) is 0 Å². The van der Waals surface area contributed by atoms with Crippen LogP contribution in [0.4, 0.5) is 0 Å². The fourth-order valence-electron chi connectivity index (χ4n) is 5.83. The Labute approximate surface area is 221 Å². The number of aromatic amines is 1. The summed E-state index contributed by atoms with van der Waals surface area (Å²) in [5, 5.41) is 0.487. The zero-order chi connectivity index (χ0) is 25.7. The van der Waals surface area contributed by atoms with Crippen molar-refractivity contribution < 1.29 is 14.3 Å². The molecule has 1 aromatic carbocycles. The number of hydrogen-bond donors (Lipinski definition) is 1. The predicted octanol–water partition coefficient (Wildman–Crippen LogP) is 4.78. The van der Waals surface area contributed by atoms with Crippen LogP contribution in [0.3, 0.4) is 0 Å². The first-order chi connectivity index (χ1) is 17.2. The van der Waals surface area contributed by atoms with Crippen LogP contribution in [0.15, 0.2) is 15.8 Å². The van der Waals surface area contributed by atoms with Gasteiger partial charge in [0, 0.05) is 34.7 Å². The zero-order valence-electron chi connectivity index (χ0n) is 21.6. The molecule has 0 spiro atoms. The standard InChI is InChI=1S/C27H34ClN3O4S/c1-14-12-20(36-5)19(25(32)29-14)13-31-11-10-18-21(26(31)33)15(2)23-24(22(18)28)35-27(34-23)16-6-8-17(9-7-16)30(3)4/h12,16-17,27H,6-11,13H2,1-5H3,(H,29,32). The Bertz CT molecular complexity index is 1250. The molecule has 36 heavy (non-hydrogen) atoms. The van der Waals surface area contributed by atoms with Gasteiger partial charge in [-0.3, -0.25) is 9.59 Å². The maximum Gasteiger partial charge on any atom is 0.254 e. The summed E-state index contributed by atoms with van der Waals surface area (Å²) in [6.45, 7) is 4.52. The van der Waals surface area contributed by atoms with Gasteiger partial charge in [-0.25, -0.2) is 0 Å². The summed E-state index contributed by atoms with van der Waals surface area (Å²) >= 11 is 8.35. The second-order valence-electron chi connectivity index (χ2n) is 10.4. The molecule has 1 fully saturated rings.